The first-order chi connectivity index (χ1) is 11.7. The van der Waals surface area contributed by atoms with Crippen LogP contribution in [0.2, 0.25) is 0 Å². The standard InChI is InChI=1S/C20H34N4/c1-4-24-14-8-11-19(16-24)15-22-20(21-3)23-17(2)12-13-18-9-6-5-7-10-18/h5-7,9-10,17,19H,4,8,11-16H2,1-3H3,(H2,21,22,23). The van der Waals surface area contributed by atoms with E-state index in [2.05, 4.69) is 64.7 Å². The topological polar surface area (TPSA) is 39.7 Å². The number of hydrogen-bond acceptors (Lipinski definition) is 2. The molecule has 1 aromatic carbocycles. The largest absolute Gasteiger partial charge is 0.356 e. The number of aryl methyl sites for hydroxylation is 1. The van der Waals surface area contributed by atoms with Crippen LogP contribution in [0.25, 0.3) is 0 Å². The molecule has 0 saturated carbocycles. The van der Waals surface area contributed by atoms with E-state index in [4.69, 9.17) is 0 Å². The molecule has 1 saturated heterocycles. The first-order valence-corrected chi connectivity index (χ1v) is 9.44. The number of benzene rings is 1. The SMILES string of the molecule is CCN1CCCC(CNC(=NC)NC(C)CCc2ccccc2)C1. The van der Waals surface area contributed by atoms with Crippen molar-refractivity contribution in [3.05, 3.63) is 35.9 Å². The predicted molar refractivity (Wildman–Crippen MR) is 104 cm³/mol. The smallest absolute Gasteiger partial charge is 0.191 e. The Morgan fingerprint density at radius 3 is 2.83 bits per heavy atom. The number of guanidine groups is 1. The summed E-state index contributed by atoms with van der Waals surface area (Å²) < 4.78 is 0. The Morgan fingerprint density at radius 1 is 1.33 bits per heavy atom. The van der Waals surface area contributed by atoms with Crippen LogP contribution in [0.3, 0.4) is 0 Å². The van der Waals surface area contributed by atoms with E-state index in [1.54, 1.807) is 0 Å². The molecule has 0 radical (unpaired) electrons. The van der Waals surface area contributed by atoms with Gasteiger partial charge in [-0.1, -0.05) is 37.3 Å². The summed E-state index contributed by atoms with van der Waals surface area (Å²) >= 11 is 0. The van der Waals surface area contributed by atoms with Gasteiger partial charge >= 0.3 is 0 Å². The average molecular weight is 331 g/mol. The van der Waals surface area contributed by atoms with Crippen molar-refractivity contribution in [2.24, 2.45) is 10.9 Å². The number of hydrogen-bond donors (Lipinski definition) is 2. The van der Waals surface area contributed by atoms with Gasteiger partial charge in [-0.25, -0.2) is 0 Å². The Kier molecular flexibility index (Phi) is 8.10. The fourth-order valence-corrected chi connectivity index (χ4v) is 3.37. The maximum absolute atomic E-state index is 4.39. The third-order valence-corrected chi connectivity index (χ3v) is 4.92. The Morgan fingerprint density at radius 2 is 2.12 bits per heavy atom. The van der Waals surface area contributed by atoms with Crippen molar-refractivity contribution in [3.8, 4) is 0 Å². The number of rotatable bonds is 7. The monoisotopic (exact) mass is 330 g/mol. The van der Waals surface area contributed by atoms with Gasteiger partial charge < -0.3 is 15.5 Å². The molecule has 0 aromatic heterocycles. The Balaban J connectivity index is 1.69. The average Bonchev–Trinajstić information content (AvgIpc) is 2.64. The number of piperidine rings is 1. The maximum Gasteiger partial charge on any atom is 0.191 e. The van der Waals surface area contributed by atoms with Crippen LogP contribution < -0.4 is 10.6 Å². The molecule has 2 atom stereocenters. The van der Waals surface area contributed by atoms with Gasteiger partial charge in [-0.2, -0.15) is 0 Å². The molecule has 1 aliphatic rings. The lowest BCUT2D eigenvalue weighted by atomic mass is 9.98. The Labute approximate surface area is 147 Å². The molecule has 1 aromatic rings. The Hall–Kier alpha value is -1.55. The second kappa shape index (κ2) is 10.3. The number of nitrogens with zero attached hydrogens (tertiary/aromatic N) is 2. The highest BCUT2D eigenvalue weighted by Gasteiger charge is 2.18. The fraction of sp³-hybridized carbons (Fsp3) is 0.650. The minimum atomic E-state index is 0.412. The zero-order valence-corrected chi connectivity index (χ0v) is 15.6. The highest BCUT2D eigenvalue weighted by atomic mass is 15.2. The predicted octanol–water partition coefficient (Wildman–Crippen LogP) is 2.90. The van der Waals surface area contributed by atoms with Crippen molar-refractivity contribution >= 4 is 5.96 Å². The lowest BCUT2D eigenvalue weighted by Crippen LogP contribution is -2.46. The second-order valence-corrected chi connectivity index (χ2v) is 6.92. The summed E-state index contributed by atoms with van der Waals surface area (Å²) in [6, 6.07) is 11.1. The quantitative estimate of drug-likeness (QED) is 0.596. The second-order valence-electron chi connectivity index (χ2n) is 6.92. The summed E-state index contributed by atoms with van der Waals surface area (Å²) in [4.78, 5) is 6.94. The van der Waals surface area contributed by atoms with E-state index >= 15 is 0 Å². The van der Waals surface area contributed by atoms with Crippen molar-refractivity contribution in [3.63, 3.8) is 0 Å². The maximum atomic E-state index is 4.39. The van der Waals surface area contributed by atoms with Crippen molar-refractivity contribution < 1.29 is 0 Å². The molecule has 0 aliphatic carbocycles. The number of likely N-dealkylation sites (tertiary alicyclic amines) is 1. The van der Waals surface area contributed by atoms with Crippen LogP contribution in [0.15, 0.2) is 35.3 Å². The first-order valence-electron chi connectivity index (χ1n) is 9.44. The lowest BCUT2D eigenvalue weighted by Gasteiger charge is -2.32. The van der Waals surface area contributed by atoms with Gasteiger partial charge in [0.1, 0.15) is 0 Å². The van der Waals surface area contributed by atoms with Gasteiger partial charge in [-0.15, -0.1) is 0 Å². The molecule has 2 unspecified atom stereocenters. The van der Waals surface area contributed by atoms with E-state index in [-0.39, 0.29) is 0 Å². The van der Waals surface area contributed by atoms with E-state index in [1.807, 2.05) is 7.05 Å². The number of nitrogens with one attached hydrogen (secondary N) is 2. The first kappa shape index (κ1) is 18.8. The Bertz CT molecular complexity index is 486. The van der Waals surface area contributed by atoms with E-state index in [9.17, 15) is 0 Å². The van der Waals surface area contributed by atoms with E-state index < -0.39 is 0 Å². The molecule has 4 heteroatoms. The molecule has 24 heavy (non-hydrogen) atoms. The molecule has 1 aliphatic heterocycles. The molecule has 1 heterocycles. The van der Waals surface area contributed by atoms with Crippen LogP contribution in [0.1, 0.15) is 38.7 Å². The van der Waals surface area contributed by atoms with E-state index in [0.717, 1.165) is 31.3 Å². The zero-order valence-electron chi connectivity index (χ0n) is 15.6. The molecule has 2 rings (SSSR count). The van der Waals surface area contributed by atoms with Gasteiger partial charge in [-0.3, -0.25) is 4.99 Å². The zero-order chi connectivity index (χ0) is 17.2. The highest BCUT2D eigenvalue weighted by molar-refractivity contribution is 5.79. The summed E-state index contributed by atoms with van der Waals surface area (Å²) in [6.07, 6.45) is 4.85. The van der Waals surface area contributed by atoms with Crippen molar-refractivity contribution in [1.82, 2.24) is 15.5 Å². The van der Waals surface area contributed by atoms with Crippen molar-refractivity contribution in [2.75, 3.05) is 33.2 Å². The summed E-state index contributed by atoms with van der Waals surface area (Å²) in [5, 5.41) is 7.05. The third kappa shape index (κ3) is 6.52. The summed E-state index contributed by atoms with van der Waals surface area (Å²) in [6.45, 7) is 9.14. The van der Waals surface area contributed by atoms with Gasteiger partial charge in [0.25, 0.3) is 0 Å². The minimum absolute atomic E-state index is 0.412. The molecular formula is C20H34N4. The highest BCUT2D eigenvalue weighted by Crippen LogP contribution is 2.15. The molecule has 134 valence electrons. The van der Waals surface area contributed by atoms with Gasteiger partial charge in [-0.05, 0) is 57.2 Å². The van der Waals surface area contributed by atoms with Crippen molar-refractivity contribution in [1.29, 1.82) is 0 Å². The lowest BCUT2D eigenvalue weighted by molar-refractivity contribution is 0.183. The van der Waals surface area contributed by atoms with E-state index in [1.165, 1.54) is 38.0 Å². The van der Waals surface area contributed by atoms with Crippen LogP contribution in [-0.4, -0.2) is 50.1 Å². The van der Waals surface area contributed by atoms with Gasteiger partial charge in [0.2, 0.25) is 0 Å². The summed E-state index contributed by atoms with van der Waals surface area (Å²) in [5.74, 6) is 1.67. The molecule has 1 fully saturated rings. The molecular weight excluding hydrogens is 296 g/mol. The number of aliphatic imine (C=N–C) groups is 1. The molecule has 2 N–H and O–H groups in total. The van der Waals surface area contributed by atoms with Crippen LogP contribution >= 0.6 is 0 Å². The molecule has 0 bridgehead atoms. The van der Waals surface area contributed by atoms with Crippen LogP contribution in [0.4, 0.5) is 0 Å². The fourth-order valence-electron chi connectivity index (χ4n) is 3.37. The third-order valence-electron chi connectivity index (χ3n) is 4.92. The van der Waals surface area contributed by atoms with Gasteiger partial charge in [0, 0.05) is 26.2 Å². The van der Waals surface area contributed by atoms with Gasteiger partial charge in [0.15, 0.2) is 5.96 Å². The van der Waals surface area contributed by atoms with Crippen LogP contribution in [0, 0.1) is 5.92 Å². The van der Waals surface area contributed by atoms with Crippen LogP contribution in [0.5, 0.6) is 0 Å². The van der Waals surface area contributed by atoms with Gasteiger partial charge in [0.05, 0.1) is 0 Å². The minimum Gasteiger partial charge on any atom is -0.356 e. The molecule has 0 spiro atoms. The van der Waals surface area contributed by atoms with E-state index in [0.29, 0.717) is 6.04 Å². The van der Waals surface area contributed by atoms with Crippen molar-refractivity contribution in [2.45, 2.75) is 45.6 Å². The van der Waals surface area contributed by atoms with Crippen LogP contribution in [-0.2, 0) is 6.42 Å². The normalized spacial score (nSPS) is 20.6. The molecule has 0 amide bonds. The summed E-state index contributed by atoms with van der Waals surface area (Å²) in [5.41, 5.74) is 1.40. The molecule has 4 nitrogen and oxygen atoms in total. The summed E-state index contributed by atoms with van der Waals surface area (Å²) in [7, 11) is 1.86.